The average molecular weight is 407 g/mol. The summed E-state index contributed by atoms with van der Waals surface area (Å²) in [7, 11) is -3.63. The summed E-state index contributed by atoms with van der Waals surface area (Å²) in [4.78, 5) is 12.8. The van der Waals surface area contributed by atoms with Crippen molar-refractivity contribution >= 4 is 33.2 Å². The first-order valence-electron chi connectivity index (χ1n) is 8.97. The van der Waals surface area contributed by atoms with Gasteiger partial charge in [-0.15, -0.1) is 0 Å². The fraction of sp³-hybridized carbons (Fsp3) is 0.350. The number of halogens is 1. The molecule has 1 saturated heterocycles. The maximum atomic E-state index is 12.9. The van der Waals surface area contributed by atoms with E-state index in [0.717, 1.165) is 30.4 Å². The lowest BCUT2D eigenvalue weighted by molar-refractivity contribution is 0.102. The van der Waals surface area contributed by atoms with Gasteiger partial charge in [0.25, 0.3) is 5.91 Å². The van der Waals surface area contributed by atoms with Crippen LogP contribution < -0.4 is 5.32 Å². The first-order chi connectivity index (χ1) is 12.8. The van der Waals surface area contributed by atoms with Gasteiger partial charge in [-0.25, -0.2) is 8.42 Å². The minimum Gasteiger partial charge on any atom is -0.322 e. The second-order valence-corrected chi connectivity index (χ2v) is 9.22. The van der Waals surface area contributed by atoms with E-state index < -0.39 is 15.9 Å². The van der Waals surface area contributed by atoms with Gasteiger partial charge in [-0.1, -0.05) is 35.7 Å². The van der Waals surface area contributed by atoms with Gasteiger partial charge in [0.2, 0.25) is 10.0 Å². The molecular formula is C20H23ClN2O3S. The molecule has 0 spiro atoms. The molecule has 0 aliphatic carbocycles. The summed E-state index contributed by atoms with van der Waals surface area (Å²) in [5.41, 5.74) is 2.84. The van der Waals surface area contributed by atoms with Crippen molar-refractivity contribution in [1.82, 2.24) is 4.31 Å². The number of aryl methyl sites for hydroxylation is 2. The lowest BCUT2D eigenvalue weighted by Crippen LogP contribution is -2.35. The van der Waals surface area contributed by atoms with Crippen LogP contribution in [-0.4, -0.2) is 31.7 Å². The Kier molecular flexibility index (Phi) is 5.89. The van der Waals surface area contributed by atoms with E-state index in [-0.39, 0.29) is 15.5 Å². The fourth-order valence-corrected chi connectivity index (χ4v) is 4.98. The molecule has 0 atom stereocenters. The molecule has 7 heteroatoms. The van der Waals surface area contributed by atoms with Gasteiger partial charge in [0.15, 0.2) is 0 Å². The number of anilines is 1. The lowest BCUT2D eigenvalue weighted by Gasteiger charge is -2.26. The fourth-order valence-electron chi connectivity index (χ4n) is 3.24. The van der Waals surface area contributed by atoms with Crippen molar-refractivity contribution in [3.8, 4) is 0 Å². The minimum atomic E-state index is -3.63. The van der Waals surface area contributed by atoms with Gasteiger partial charge in [-0.05, 0) is 56.5 Å². The molecule has 0 bridgehead atoms. The molecule has 144 valence electrons. The number of hydrogen-bond donors (Lipinski definition) is 1. The van der Waals surface area contributed by atoms with Crippen LogP contribution in [0.4, 0.5) is 5.69 Å². The number of amides is 1. The molecule has 5 nitrogen and oxygen atoms in total. The van der Waals surface area contributed by atoms with Gasteiger partial charge in [0, 0.05) is 18.8 Å². The van der Waals surface area contributed by atoms with Gasteiger partial charge in [0.05, 0.1) is 15.5 Å². The summed E-state index contributed by atoms with van der Waals surface area (Å²) >= 11 is 6.19. The second kappa shape index (κ2) is 8.00. The van der Waals surface area contributed by atoms with Crippen LogP contribution in [0.15, 0.2) is 41.3 Å². The summed E-state index contributed by atoms with van der Waals surface area (Å²) in [5, 5.41) is 3.04. The number of sulfonamides is 1. The first-order valence-corrected chi connectivity index (χ1v) is 10.8. The van der Waals surface area contributed by atoms with Crippen LogP contribution >= 0.6 is 11.6 Å². The highest BCUT2D eigenvalue weighted by molar-refractivity contribution is 7.89. The molecule has 0 radical (unpaired) electrons. The number of nitrogens with one attached hydrogen (secondary N) is 1. The molecule has 1 aliphatic rings. The van der Waals surface area contributed by atoms with Crippen LogP contribution in [0, 0.1) is 13.8 Å². The van der Waals surface area contributed by atoms with Crippen molar-refractivity contribution < 1.29 is 13.2 Å². The summed E-state index contributed by atoms with van der Waals surface area (Å²) < 4.78 is 27.2. The number of rotatable bonds is 4. The van der Waals surface area contributed by atoms with E-state index >= 15 is 0 Å². The second-order valence-electron chi connectivity index (χ2n) is 6.88. The van der Waals surface area contributed by atoms with Crippen molar-refractivity contribution in [2.45, 2.75) is 38.0 Å². The highest BCUT2D eigenvalue weighted by Crippen LogP contribution is 2.26. The molecule has 2 aromatic carbocycles. The monoisotopic (exact) mass is 406 g/mol. The first kappa shape index (κ1) is 19.9. The molecule has 3 rings (SSSR count). The summed E-state index contributed by atoms with van der Waals surface area (Å²) in [6, 6.07) is 9.99. The van der Waals surface area contributed by atoms with Crippen LogP contribution in [0.5, 0.6) is 0 Å². The minimum absolute atomic E-state index is 0.0968. The molecule has 0 aromatic heterocycles. The smallest absolute Gasteiger partial charge is 0.257 e. The Morgan fingerprint density at radius 2 is 1.74 bits per heavy atom. The summed E-state index contributed by atoms with van der Waals surface area (Å²) in [5.74, 6) is -0.428. The SMILES string of the molecule is Cc1ccc(NC(=O)c2cc(S(=O)(=O)N3CCCCC3)ccc2Cl)c(C)c1. The van der Waals surface area contributed by atoms with E-state index in [2.05, 4.69) is 5.32 Å². The zero-order valence-corrected chi connectivity index (χ0v) is 17.0. The molecule has 1 amide bonds. The maximum absolute atomic E-state index is 12.9. The molecule has 27 heavy (non-hydrogen) atoms. The van der Waals surface area contributed by atoms with Crippen LogP contribution in [0.1, 0.15) is 40.7 Å². The van der Waals surface area contributed by atoms with Gasteiger partial charge >= 0.3 is 0 Å². The highest BCUT2D eigenvalue weighted by atomic mass is 35.5. The molecule has 1 N–H and O–H groups in total. The van der Waals surface area contributed by atoms with Gasteiger partial charge in [0.1, 0.15) is 0 Å². The van der Waals surface area contributed by atoms with E-state index in [1.54, 1.807) is 0 Å². The van der Waals surface area contributed by atoms with E-state index in [4.69, 9.17) is 11.6 Å². The molecule has 0 unspecified atom stereocenters. The van der Waals surface area contributed by atoms with E-state index in [0.29, 0.717) is 18.8 Å². The Balaban J connectivity index is 1.89. The molecule has 2 aromatic rings. The topological polar surface area (TPSA) is 66.5 Å². The molecule has 1 aliphatic heterocycles. The molecule has 1 fully saturated rings. The third kappa shape index (κ3) is 4.34. The van der Waals surface area contributed by atoms with Crippen LogP contribution in [0.25, 0.3) is 0 Å². The number of nitrogens with zero attached hydrogens (tertiary/aromatic N) is 1. The molecule has 1 heterocycles. The van der Waals surface area contributed by atoms with E-state index in [1.165, 1.54) is 22.5 Å². The number of piperidine rings is 1. The van der Waals surface area contributed by atoms with E-state index in [1.807, 2.05) is 32.0 Å². The number of carbonyl (C=O) groups excluding carboxylic acids is 1. The zero-order valence-electron chi connectivity index (χ0n) is 15.5. The number of hydrogen-bond acceptors (Lipinski definition) is 3. The third-order valence-electron chi connectivity index (χ3n) is 4.77. The predicted molar refractivity (Wildman–Crippen MR) is 108 cm³/mol. The normalized spacial score (nSPS) is 15.5. The van der Waals surface area contributed by atoms with Gasteiger partial charge in [-0.2, -0.15) is 4.31 Å². The van der Waals surface area contributed by atoms with Crippen molar-refractivity contribution in [3.05, 3.63) is 58.1 Å². The quantitative estimate of drug-likeness (QED) is 0.819. The number of carbonyl (C=O) groups is 1. The summed E-state index contributed by atoms with van der Waals surface area (Å²) in [6.45, 7) is 4.90. The Bertz CT molecular complexity index is 967. The predicted octanol–water partition coefficient (Wildman–Crippen LogP) is 4.38. The molecule has 0 saturated carbocycles. The van der Waals surface area contributed by atoms with Crippen molar-refractivity contribution in [2.75, 3.05) is 18.4 Å². The number of benzene rings is 2. The van der Waals surface area contributed by atoms with Crippen molar-refractivity contribution in [2.24, 2.45) is 0 Å². The average Bonchev–Trinajstić information content (AvgIpc) is 2.65. The molecular weight excluding hydrogens is 384 g/mol. The van der Waals surface area contributed by atoms with Crippen molar-refractivity contribution in [3.63, 3.8) is 0 Å². The summed E-state index contributed by atoms with van der Waals surface area (Å²) in [6.07, 6.45) is 2.75. The zero-order chi connectivity index (χ0) is 19.6. The van der Waals surface area contributed by atoms with Gasteiger partial charge in [-0.3, -0.25) is 4.79 Å². The maximum Gasteiger partial charge on any atom is 0.257 e. The van der Waals surface area contributed by atoms with Crippen molar-refractivity contribution in [1.29, 1.82) is 0 Å². The Morgan fingerprint density at radius 1 is 1.04 bits per heavy atom. The van der Waals surface area contributed by atoms with Crippen LogP contribution in [0.3, 0.4) is 0 Å². The Hall–Kier alpha value is -1.89. The highest BCUT2D eigenvalue weighted by Gasteiger charge is 2.27. The Morgan fingerprint density at radius 3 is 2.41 bits per heavy atom. The third-order valence-corrected chi connectivity index (χ3v) is 6.99. The largest absolute Gasteiger partial charge is 0.322 e. The lowest BCUT2D eigenvalue weighted by atomic mass is 10.1. The van der Waals surface area contributed by atoms with Gasteiger partial charge < -0.3 is 5.32 Å². The van der Waals surface area contributed by atoms with E-state index in [9.17, 15) is 13.2 Å². The standard InChI is InChI=1S/C20H23ClN2O3S/c1-14-6-9-19(15(2)12-14)22-20(24)17-13-16(7-8-18(17)21)27(25,26)23-10-4-3-5-11-23/h6-9,12-13H,3-5,10-11H2,1-2H3,(H,22,24). The van der Waals surface area contributed by atoms with Crippen LogP contribution in [0.2, 0.25) is 5.02 Å². The van der Waals surface area contributed by atoms with Crippen LogP contribution in [-0.2, 0) is 10.0 Å². The Labute approximate surface area is 165 Å².